The minimum absolute atomic E-state index is 0.182. The minimum atomic E-state index is -0.312. The van der Waals surface area contributed by atoms with E-state index >= 15 is 0 Å². The van der Waals surface area contributed by atoms with Crippen molar-refractivity contribution < 1.29 is 20.7 Å². The zero-order valence-electron chi connectivity index (χ0n) is 6.90. The van der Waals surface area contributed by atoms with Crippen LogP contribution in [0.5, 0.6) is 11.5 Å². The van der Waals surface area contributed by atoms with Gasteiger partial charge in [0, 0.05) is 6.08 Å². The van der Waals surface area contributed by atoms with Crippen molar-refractivity contribution in [2.75, 3.05) is 0 Å². The Morgan fingerprint density at radius 1 is 1.31 bits per heavy atom. The van der Waals surface area contributed by atoms with Gasteiger partial charge in [0.15, 0.2) is 11.5 Å². The fourth-order valence-corrected chi connectivity index (χ4v) is 0.833. The van der Waals surface area contributed by atoms with E-state index in [9.17, 15) is 4.79 Å². The average Bonchev–Trinajstić information content (AvgIpc) is 2.07. The SMILES string of the molecule is [NH3+]C(=O)/C=C/c1ccc(O)c(O)c1. The number of hydrogen-bond acceptors (Lipinski definition) is 3. The predicted octanol–water partition coefficient (Wildman–Crippen LogP) is -0.121. The molecule has 13 heavy (non-hydrogen) atoms. The summed E-state index contributed by atoms with van der Waals surface area (Å²) in [6.45, 7) is 0. The molecule has 5 N–H and O–H groups in total. The fraction of sp³-hybridized carbons (Fsp3) is 0. The third kappa shape index (κ3) is 2.61. The van der Waals surface area contributed by atoms with Crippen LogP contribution in [0.4, 0.5) is 0 Å². The van der Waals surface area contributed by atoms with Crippen LogP contribution < -0.4 is 5.73 Å². The standard InChI is InChI=1S/C9H9NO3/c10-9(13)4-2-6-1-3-7(11)8(12)5-6/h1-5,11-12H,(H2,10,13)/p+1/b4-2+. The average molecular weight is 180 g/mol. The van der Waals surface area contributed by atoms with Gasteiger partial charge in [0.1, 0.15) is 0 Å². The molecule has 0 bridgehead atoms. The van der Waals surface area contributed by atoms with Crippen LogP contribution >= 0.6 is 0 Å². The van der Waals surface area contributed by atoms with Crippen molar-refractivity contribution in [2.24, 2.45) is 0 Å². The quantitative estimate of drug-likeness (QED) is 0.438. The highest BCUT2D eigenvalue weighted by Crippen LogP contribution is 2.25. The van der Waals surface area contributed by atoms with Crippen molar-refractivity contribution in [3.8, 4) is 11.5 Å². The summed E-state index contributed by atoms with van der Waals surface area (Å²) in [6.07, 6.45) is 2.79. The van der Waals surface area contributed by atoms with E-state index in [0.717, 1.165) is 0 Å². The summed E-state index contributed by atoms with van der Waals surface area (Å²) >= 11 is 0. The van der Waals surface area contributed by atoms with Crippen molar-refractivity contribution in [1.29, 1.82) is 0 Å². The van der Waals surface area contributed by atoms with Crippen LogP contribution in [-0.4, -0.2) is 16.1 Å². The first-order valence-electron chi connectivity index (χ1n) is 3.65. The first-order valence-corrected chi connectivity index (χ1v) is 3.65. The Balaban J connectivity index is 2.92. The van der Waals surface area contributed by atoms with Gasteiger partial charge in [0.2, 0.25) is 0 Å². The summed E-state index contributed by atoms with van der Waals surface area (Å²) in [5.41, 5.74) is 3.79. The molecule has 4 nitrogen and oxygen atoms in total. The van der Waals surface area contributed by atoms with Crippen LogP contribution in [0.15, 0.2) is 24.3 Å². The maximum absolute atomic E-state index is 10.5. The maximum atomic E-state index is 10.5. The normalized spacial score (nSPS) is 10.5. The molecule has 1 aromatic carbocycles. The molecule has 68 valence electrons. The number of phenolic OH excluding ortho intramolecular Hbond substituents is 2. The van der Waals surface area contributed by atoms with Crippen LogP contribution in [0.3, 0.4) is 0 Å². The molecule has 0 saturated carbocycles. The largest absolute Gasteiger partial charge is 0.504 e. The molecular formula is C9H10NO3+. The summed E-state index contributed by atoms with van der Waals surface area (Å²) in [5, 5.41) is 18.0. The predicted molar refractivity (Wildman–Crippen MR) is 46.7 cm³/mol. The highest BCUT2D eigenvalue weighted by Gasteiger charge is 1.98. The second-order valence-electron chi connectivity index (χ2n) is 2.55. The van der Waals surface area contributed by atoms with E-state index in [0.29, 0.717) is 5.56 Å². The summed E-state index contributed by atoms with van der Waals surface area (Å²) in [6, 6.07) is 4.28. The number of carbonyl (C=O) groups excluding carboxylic acids is 1. The van der Waals surface area contributed by atoms with Gasteiger partial charge in [0.05, 0.1) is 0 Å². The summed E-state index contributed by atoms with van der Waals surface area (Å²) in [4.78, 5) is 10.5. The smallest absolute Gasteiger partial charge is 0.333 e. The van der Waals surface area contributed by atoms with E-state index in [4.69, 9.17) is 10.2 Å². The Kier molecular flexibility index (Phi) is 2.66. The van der Waals surface area contributed by atoms with Gasteiger partial charge in [-0.05, 0) is 23.8 Å². The molecule has 0 aromatic heterocycles. The van der Waals surface area contributed by atoms with Crippen molar-refractivity contribution in [2.45, 2.75) is 0 Å². The molecule has 0 radical (unpaired) electrons. The first-order chi connectivity index (χ1) is 6.09. The molecular weight excluding hydrogens is 170 g/mol. The molecule has 0 fully saturated rings. The summed E-state index contributed by atoms with van der Waals surface area (Å²) in [7, 11) is 0. The third-order valence-corrected chi connectivity index (χ3v) is 1.46. The van der Waals surface area contributed by atoms with Crippen LogP contribution in [0.2, 0.25) is 0 Å². The molecule has 0 saturated heterocycles. The number of amides is 1. The summed E-state index contributed by atoms with van der Waals surface area (Å²) in [5.74, 6) is -0.704. The van der Waals surface area contributed by atoms with E-state index in [2.05, 4.69) is 5.73 Å². The van der Waals surface area contributed by atoms with E-state index in [1.165, 1.54) is 24.3 Å². The highest BCUT2D eigenvalue weighted by atomic mass is 16.3. The molecule has 0 unspecified atom stereocenters. The van der Waals surface area contributed by atoms with Crippen LogP contribution in [0, 0.1) is 0 Å². The number of benzene rings is 1. The Labute approximate surface area is 74.9 Å². The number of quaternary nitrogens is 1. The molecule has 0 atom stereocenters. The molecule has 0 spiro atoms. The van der Waals surface area contributed by atoms with Gasteiger partial charge in [-0.3, -0.25) is 5.73 Å². The van der Waals surface area contributed by atoms with E-state index in [1.807, 2.05) is 0 Å². The number of aromatic hydroxyl groups is 2. The molecule has 0 aliphatic heterocycles. The first kappa shape index (κ1) is 9.28. The van der Waals surface area contributed by atoms with Gasteiger partial charge in [-0.1, -0.05) is 6.07 Å². The second kappa shape index (κ2) is 3.73. The summed E-state index contributed by atoms with van der Waals surface area (Å²) < 4.78 is 0. The zero-order valence-corrected chi connectivity index (χ0v) is 6.90. The molecule has 1 amide bonds. The second-order valence-corrected chi connectivity index (χ2v) is 2.55. The molecule has 1 aromatic rings. The Bertz CT molecular complexity index is 358. The maximum Gasteiger partial charge on any atom is 0.333 e. The van der Waals surface area contributed by atoms with E-state index in [1.54, 1.807) is 6.07 Å². The van der Waals surface area contributed by atoms with Crippen LogP contribution in [-0.2, 0) is 4.79 Å². The number of hydrogen-bond donors (Lipinski definition) is 3. The molecule has 4 heteroatoms. The fourth-order valence-electron chi connectivity index (χ4n) is 0.833. The number of rotatable bonds is 2. The lowest BCUT2D eigenvalue weighted by Crippen LogP contribution is -2.55. The lowest BCUT2D eigenvalue weighted by molar-refractivity contribution is -0.297. The van der Waals surface area contributed by atoms with Crippen LogP contribution in [0.1, 0.15) is 5.56 Å². The van der Waals surface area contributed by atoms with Crippen molar-refractivity contribution >= 4 is 12.0 Å². The Morgan fingerprint density at radius 2 is 2.00 bits per heavy atom. The van der Waals surface area contributed by atoms with Gasteiger partial charge in [0.25, 0.3) is 0 Å². The van der Waals surface area contributed by atoms with E-state index < -0.39 is 0 Å². The lowest BCUT2D eigenvalue weighted by atomic mass is 10.2. The van der Waals surface area contributed by atoms with Crippen molar-refractivity contribution in [3.63, 3.8) is 0 Å². The zero-order chi connectivity index (χ0) is 9.84. The Morgan fingerprint density at radius 3 is 2.54 bits per heavy atom. The minimum Gasteiger partial charge on any atom is -0.504 e. The lowest BCUT2D eigenvalue weighted by Gasteiger charge is -1.97. The monoisotopic (exact) mass is 180 g/mol. The molecule has 0 aliphatic carbocycles. The van der Waals surface area contributed by atoms with Gasteiger partial charge in [-0.2, -0.15) is 0 Å². The molecule has 0 heterocycles. The van der Waals surface area contributed by atoms with Gasteiger partial charge in [-0.25, -0.2) is 4.79 Å². The topological polar surface area (TPSA) is 85.2 Å². The highest BCUT2D eigenvalue weighted by molar-refractivity contribution is 5.83. The number of carbonyl (C=O) groups is 1. The van der Waals surface area contributed by atoms with Gasteiger partial charge in [-0.15, -0.1) is 0 Å². The molecule has 1 rings (SSSR count). The van der Waals surface area contributed by atoms with Crippen molar-refractivity contribution in [1.82, 2.24) is 0 Å². The Hall–Kier alpha value is -1.81. The molecule has 0 aliphatic rings. The van der Waals surface area contributed by atoms with E-state index in [-0.39, 0.29) is 17.4 Å². The van der Waals surface area contributed by atoms with Crippen LogP contribution in [0.25, 0.3) is 6.08 Å². The van der Waals surface area contributed by atoms with Gasteiger partial charge >= 0.3 is 5.91 Å². The third-order valence-electron chi connectivity index (χ3n) is 1.46. The van der Waals surface area contributed by atoms with Gasteiger partial charge < -0.3 is 10.2 Å². The van der Waals surface area contributed by atoms with Crippen molar-refractivity contribution in [3.05, 3.63) is 29.8 Å². The number of phenols is 2.